The van der Waals surface area contributed by atoms with E-state index in [9.17, 15) is 0 Å². The Hall–Kier alpha value is 0.0644. The van der Waals surface area contributed by atoms with Crippen molar-refractivity contribution in [3.8, 4) is 0 Å². The smallest absolute Gasteiger partial charge is 0.343 e. The third-order valence-electron chi connectivity index (χ3n) is 4.51. The van der Waals surface area contributed by atoms with Gasteiger partial charge in [-0.3, -0.25) is 0 Å². The Morgan fingerprint density at radius 1 is 0.733 bits per heavy atom. The molecule has 6 nitrogen and oxygen atoms in total. The second-order valence-corrected chi connectivity index (χ2v) is 27.9. The maximum Gasteiger partial charge on any atom is 0.343 e. The molecule has 0 rings (SSSR count). The highest BCUT2D eigenvalue weighted by Gasteiger charge is 2.48. The molecule has 0 heterocycles. The zero-order chi connectivity index (χ0) is 23.7. The van der Waals surface area contributed by atoms with E-state index < -0.39 is 42.3 Å². The molecular formula is C19H46N2O4Si5. The van der Waals surface area contributed by atoms with E-state index in [0.717, 1.165) is 25.6 Å². The summed E-state index contributed by atoms with van der Waals surface area (Å²) in [5.41, 5.74) is 11.3. The second-order valence-electron chi connectivity index (χ2n) is 9.42. The van der Waals surface area contributed by atoms with Gasteiger partial charge in [0.05, 0.1) is 0 Å². The van der Waals surface area contributed by atoms with Crippen molar-refractivity contribution in [2.24, 2.45) is 5.73 Å². The lowest BCUT2D eigenvalue weighted by molar-refractivity contribution is 0.300. The van der Waals surface area contributed by atoms with Crippen LogP contribution in [0.25, 0.3) is 0 Å². The predicted octanol–water partition coefficient (Wildman–Crippen LogP) is 4.42. The molecule has 2 atom stereocenters. The molecule has 0 fully saturated rings. The fourth-order valence-corrected chi connectivity index (χ4v) is 24.6. The first-order valence-corrected chi connectivity index (χ1v) is 24.4. The Morgan fingerprint density at radius 2 is 1.27 bits per heavy atom. The van der Waals surface area contributed by atoms with Crippen molar-refractivity contribution in [2.45, 2.75) is 64.8 Å². The van der Waals surface area contributed by atoms with E-state index in [0.29, 0.717) is 6.54 Å². The van der Waals surface area contributed by atoms with Gasteiger partial charge in [-0.15, -0.1) is 19.7 Å². The number of hydrogen-bond acceptors (Lipinski definition) is 6. The van der Waals surface area contributed by atoms with Crippen molar-refractivity contribution in [3.05, 3.63) is 36.8 Å². The number of rotatable bonds is 17. The van der Waals surface area contributed by atoms with Crippen molar-refractivity contribution in [1.82, 2.24) is 5.32 Å². The maximum atomic E-state index is 6.80. The van der Waals surface area contributed by atoms with Crippen molar-refractivity contribution >= 4 is 42.3 Å². The van der Waals surface area contributed by atoms with E-state index in [1.807, 2.05) is 23.6 Å². The Balaban J connectivity index is 5.52. The standard InChI is InChI=1S/C19H46N2O4Si5/c1-12-26(4,5)22-28(8,9)24-29(10,14-3)25-30(11,23-27(6,7)13-2)19-15-17-21-18-16-20/h12-14,21H,1-3,15-20H2,4-11H3. The second kappa shape index (κ2) is 12.3. The molecule has 0 bridgehead atoms. The van der Waals surface area contributed by atoms with Crippen molar-refractivity contribution in [1.29, 1.82) is 0 Å². The van der Waals surface area contributed by atoms with Crippen molar-refractivity contribution in [3.63, 3.8) is 0 Å². The Kier molecular flexibility index (Phi) is 12.4. The van der Waals surface area contributed by atoms with Gasteiger partial charge >= 0.3 is 25.7 Å². The summed E-state index contributed by atoms with van der Waals surface area (Å²) in [4.78, 5) is 0. The average Bonchev–Trinajstić information content (AvgIpc) is 2.59. The molecule has 11 heteroatoms. The third-order valence-corrected chi connectivity index (χ3v) is 23.3. The molecule has 3 N–H and O–H groups in total. The van der Waals surface area contributed by atoms with Gasteiger partial charge in [-0.25, -0.2) is 0 Å². The van der Waals surface area contributed by atoms with E-state index in [1.54, 1.807) is 0 Å². The monoisotopic (exact) mass is 506 g/mol. The first-order chi connectivity index (χ1) is 13.6. The van der Waals surface area contributed by atoms with Gasteiger partial charge in [0.25, 0.3) is 0 Å². The molecule has 0 aromatic carbocycles. The lowest BCUT2D eigenvalue weighted by Gasteiger charge is -2.43. The van der Waals surface area contributed by atoms with E-state index >= 15 is 0 Å². The zero-order valence-corrected chi connectivity index (χ0v) is 25.6. The minimum Gasteiger partial charge on any atom is -0.433 e. The molecule has 30 heavy (non-hydrogen) atoms. The van der Waals surface area contributed by atoms with Gasteiger partial charge in [0.2, 0.25) is 0 Å². The largest absolute Gasteiger partial charge is 0.433 e. The maximum absolute atomic E-state index is 6.80. The van der Waals surface area contributed by atoms with E-state index in [-0.39, 0.29) is 0 Å². The van der Waals surface area contributed by atoms with Crippen LogP contribution in [0, 0.1) is 0 Å². The van der Waals surface area contributed by atoms with Gasteiger partial charge in [-0.05, 0) is 71.4 Å². The molecule has 0 saturated heterocycles. The quantitative estimate of drug-likeness (QED) is 0.225. The van der Waals surface area contributed by atoms with Gasteiger partial charge in [0, 0.05) is 13.1 Å². The fraction of sp³-hybridized carbons (Fsp3) is 0.684. The van der Waals surface area contributed by atoms with Crippen LogP contribution in [0.5, 0.6) is 0 Å². The molecule has 176 valence electrons. The SMILES string of the molecule is C=C[Si](C)(C)O[Si](C)(C)O[Si](C)(C=C)O[Si](C)(CCCNCCN)O[Si](C)(C)C=C. The zero-order valence-electron chi connectivity index (χ0n) is 20.6. The molecule has 0 saturated carbocycles. The molecule has 0 radical (unpaired) electrons. The molecular weight excluding hydrogens is 461 g/mol. The third kappa shape index (κ3) is 12.2. The van der Waals surface area contributed by atoms with Gasteiger partial charge in [0.15, 0.2) is 16.6 Å². The summed E-state index contributed by atoms with van der Waals surface area (Å²) in [5, 5.41) is 3.35. The molecule has 2 unspecified atom stereocenters. The van der Waals surface area contributed by atoms with Gasteiger partial charge in [-0.1, -0.05) is 17.1 Å². The van der Waals surface area contributed by atoms with Crippen LogP contribution in [0.15, 0.2) is 36.8 Å². The first-order valence-electron chi connectivity index (χ1n) is 10.7. The molecule has 0 aromatic rings. The minimum absolute atomic E-state index is 0.636. The highest BCUT2D eigenvalue weighted by Crippen LogP contribution is 2.29. The summed E-state index contributed by atoms with van der Waals surface area (Å²) in [5.74, 6) is 0. The number of nitrogens with two attached hydrogens (primary N) is 1. The van der Waals surface area contributed by atoms with Crippen LogP contribution in [0.4, 0.5) is 0 Å². The normalized spacial score (nSPS) is 17.1. The van der Waals surface area contributed by atoms with Crippen LogP contribution in [0.1, 0.15) is 6.42 Å². The van der Waals surface area contributed by atoms with Crippen LogP contribution >= 0.6 is 0 Å². The molecule has 0 aliphatic heterocycles. The van der Waals surface area contributed by atoms with Crippen LogP contribution in [0.3, 0.4) is 0 Å². The number of hydrogen-bond donors (Lipinski definition) is 2. The highest BCUT2D eigenvalue weighted by atomic mass is 28.5. The van der Waals surface area contributed by atoms with Crippen LogP contribution in [-0.4, -0.2) is 62.0 Å². The Morgan fingerprint density at radius 3 is 1.73 bits per heavy atom. The fourth-order valence-electron chi connectivity index (χ4n) is 3.20. The summed E-state index contributed by atoms with van der Waals surface area (Å²) in [7, 11) is -11.7. The topological polar surface area (TPSA) is 75.0 Å². The van der Waals surface area contributed by atoms with E-state index in [1.165, 1.54) is 0 Å². The average molecular weight is 507 g/mol. The van der Waals surface area contributed by atoms with Gasteiger partial charge in [0.1, 0.15) is 0 Å². The van der Waals surface area contributed by atoms with E-state index in [4.69, 9.17) is 22.2 Å². The predicted molar refractivity (Wildman–Crippen MR) is 142 cm³/mol. The summed E-state index contributed by atoms with van der Waals surface area (Å²) < 4.78 is 26.5. The molecule has 0 aliphatic rings. The van der Waals surface area contributed by atoms with Crippen molar-refractivity contribution in [2.75, 3.05) is 19.6 Å². The van der Waals surface area contributed by atoms with Crippen LogP contribution < -0.4 is 11.1 Å². The summed E-state index contributed by atoms with van der Waals surface area (Å²) in [6.45, 7) is 31.2. The Labute approximate surface area is 190 Å². The summed E-state index contributed by atoms with van der Waals surface area (Å²) >= 11 is 0. The summed E-state index contributed by atoms with van der Waals surface area (Å²) in [6.07, 6.45) is 0.958. The lowest BCUT2D eigenvalue weighted by atomic mass is 10.5. The minimum atomic E-state index is -2.72. The first kappa shape index (κ1) is 30.1. The summed E-state index contributed by atoms with van der Waals surface area (Å²) in [6, 6.07) is 0.865. The van der Waals surface area contributed by atoms with Gasteiger partial charge in [-0.2, -0.15) is 0 Å². The van der Waals surface area contributed by atoms with Gasteiger partial charge < -0.3 is 27.5 Å². The Bertz CT molecular complexity index is 577. The lowest BCUT2D eigenvalue weighted by Crippen LogP contribution is -2.60. The molecule has 0 aromatic heterocycles. The van der Waals surface area contributed by atoms with Crippen LogP contribution in [-0.2, 0) is 16.5 Å². The van der Waals surface area contributed by atoms with Crippen LogP contribution in [0.2, 0.25) is 58.4 Å². The number of nitrogens with one attached hydrogen (secondary N) is 1. The highest BCUT2D eigenvalue weighted by molar-refractivity contribution is 6.93. The molecule has 0 aliphatic carbocycles. The molecule has 0 amide bonds. The van der Waals surface area contributed by atoms with E-state index in [2.05, 4.69) is 70.9 Å². The van der Waals surface area contributed by atoms with Crippen molar-refractivity contribution < 1.29 is 16.5 Å². The molecule has 0 spiro atoms.